The highest BCUT2D eigenvalue weighted by Crippen LogP contribution is 2.47. The van der Waals surface area contributed by atoms with E-state index in [1.807, 2.05) is 6.07 Å². The van der Waals surface area contributed by atoms with E-state index in [1.165, 1.54) is 6.08 Å². The molecular formula is C22H27ClO8S. The number of benzene rings is 1. The van der Waals surface area contributed by atoms with Crippen molar-refractivity contribution in [1.29, 1.82) is 0 Å². The lowest BCUT2D eigenvalue weighted by Gasteiger charge is -2.34. The monoisotopic (exact) mass is 486 g/mol. The molecule has 32 heavy (non-hydrogen) atoms. The third-order valence-corrected chi connectivity index (χ3v) is 9.28. The summed E-state index contributed by atoms with van der Waals surface area (Å²) in [4.78, 5) is 12.8. The number of carbonyl (C=O) groups excluding carboxylic acids is 1. The van der Waals surface area contributed by atoms with Crippen molar-refractivity contribution in [3.05, 3.63) is 46.0 Å². The summed E-state index contributed by atoms with van der Waals surface area (Å²) in [7, 11) is -3.86. The van der Waals surface area contributed by atoms with Crippen molar-refractivity contribution in [2.75, 3.05) is 19.8 Å². The first kappa shape index (κ1) is 23.7. The second-order valence-electron chi connectivity index (χ2n) is 8.27. The molecule has 0 aromatic heterocycles. The molecule has 1 fully saturated rings. The van der Waals surface area contributed by atoms with Gasteiger partial charge in [-0.1, -0.05) is 23.7 Å². The van der Waals surface area contributed by atoms with Gasteiger partial charge in [-0.15, -0.1) is 0 Å². The Balaban J connectivity index is 1.73. The molecule has 1 spiro atoms. The minimum absolute atomic E-state index is 0.0473. The van der Waals surface area contributed by atoms with Crippen LogP contribution in [0.2, 0.25) is 5.02 Å². The highest BCUT2D eigenvalue weighted by molar-refractivity contribution is 7.92. The first-order chi connectivity index (χ1) is 15.3. The Hall–Kier alpha value is -1.49. The maximum Gasteiger partial charge on any atom is 0.335 e. The van der Waals surface area contributed by atoms with Crippen molar-refractivity contribution in [1.82, 2.24) is 0 Å². The van der Waals surface area contributed by atoms with Gasteiger partial charge in [-0.3, -0.25) is 0 Å². The van der Waals surface area contributed by atoms with Crippen molar-refractivity contribution < 1.29 is 37.6 Å². The lowest BCUT2D eigenvalue weighted by Crippen LogP contribution is -2.42. The number of carbonyl (C=O) groups is 1. The quantitative estimate of drug-likeness (QED) is 0.585. The van der Waals surface area contributed by atoms with Crippen molar-refractivity contribution in [2.45, 2.75) is 61.1 Å². The largest absolute Gasteiger partial charge is 0.463 e. The second-order valence-corrected chi connectivity index (χ2v) is 11.0. The van der Waals surface area contributed by atoms with E-state index in [9.17, 15) is 23.4 Å². The Morgan fingerprint density at radius 3 is 2.50 bits per heavy atom. The van der Waals surface area contributed by atoms with Crippen LogP contribution in [-0.2, 0) is 35.3 Å². The van der Waals surface area contributed by atoms with E-state index in [2.05, 4.69) is 0 Å². The standard InChI is InChI=1S/C22H27ClO8S/c1-2-29-21(26)14-10-22(30-16(11-24)17(12-25)31-22)9-8-18(14)32(27,28)19-7-6-13-4-3-5-15(23)20(13)19/h3-5,10,16-19,24-25H,2,6-9,11-12H2,1H3/t16-,17-,18+,19-/m0/s1. The number of rotatable bonds is 6. The molecule has 0 radical (unpaired) electrons. The van der Waals surface area contributed by atoms with Crippen molar-refractivity contribution in [3.8, 4) is 0 Å². The number of ether oxygens (including phenoxy) is 3. The number of aliphatic hydroxyl groups is 2. The predicted octanol–water partition coefficient (Wildman–Crippen LogP) is 1.86. The van der Waals surface area contributed by atoms with Crippen LogP contribution < -0.4 is 0 Å². The average molecular weight is 487 g/mol. The molecule has 3 aliphatic rings. The Morgan fingerprint density at radius 2 is 1.88 bits per heavy atom. The molecule has 0 saturated carbocycles. The van der Waals surface area contributed by atoms with Crippen LogP contribution in [0.4, 0.5) is 0 Å². The fourth-order valence-corrected chi connectivity index (χ4v) is 7.75. The highest BCUT2D eigenvalue weighted by atomic mass is 35.5. The summed E-state index contributed by atoms with van der Waals surface area (Å²) in [6.45, 7) is 0.956. The summed E-state index contributed by atoms with van der Waals surface area (Å²) in [6, 6.07) is 5.35. The summed E-state index contributed by atoms with van der Waals surface area (Å²) in [5.74, 6) is -2.15. The molecule has 1 aromatic carbocycles. The molecule has 2 N–H and O–H groups in total. The Kier molecular flexibility index (Phi) is 6.68. The minimum atomic E-state index is -3.86. The second kappa shape index (κ2) is 9.04. The summed E-state index contributed by atoms with van der Waals surface area (Å²) in [6.07, 6.45) is 0.996. The van der Waals surface area contributed by atoms with Crippen molar-refractivity contribution in [2.24, 2.45) is 0 Å². The maximum absolute atomic E-state index is 13.8. The number of esters is 1. The van der Waals surface area contributed by atoms with Crippen LogP contribution in [-0.4, -0.2) is 67.7 Å². The molecule has 0 amide bonds. The van der Waals surface area contributed by atoms with Gasteiger partial charge in [0.25, 0.3) is 0 Å². The van der Waals surface area contributed by atoms with Gasteiger partial charge in [-0.2, -0.15) is 0 Å². The lowest BCUT2D eigenvalue weighted by molar-refractivity contribution is -0.154. The first-order valence-electron chi connectivity index (χ1n) is 10.7. The SMILES string of the molecule is CCOC(=O)C1=CC2(CC[C@H]1S(=O)(=O)[C@H]1CCc3cccc(Cl)c31)O[C@@H](CO)[C@H](CO)O2. The number of halogens is 1. The molecule has 1 saturated heterocycles. The van der Waals surface area contributed by atoms with E-state index in [-0.39, 0.29) is 38.2 Å². The summed E-state index contributed by atoms with van der Waals surface area (Å²) < 4.78 is 44.4. The van der Waals surface area contributed by atoms with E-state index in [0.717, 1.165) is 5.56 Å². The van der Waals surface area contributed by atoms with Crippen LogP contribution in [0.15, 0.2) is 29.8 Å². The molecule has 8 nitrogen and oxygen atoms in total. The molecule has 0 unspecified atom stereocenters. The third-order valence-electron chi connectivity index (χ3n) is 6.40. The van der Waals surface area contributed by atoms with Crippen LogP contribution in [0.5, 0.6) is 0 Å². The van der Waals surface area contributed by atoms with Gasteiger partial charge in [0.15, 0.2) is 15.6 Å². The van der Waals surface area contributed by atoms with Gasteiger partial charge < -0.3 is 24.4 Å². The molecule has 1 aliphatic heterocycles. The molecule has 10 heteroatoms. The normalized spacial score (nSPS) is 29.1. The summed E-state index contributed by atoms with van der Waals surface area (Å²) in [5, 5.41) is 17.6. The number of fused-ring (bicyclic) bond motifs is 1. The Labute approximate surface area is 192 Å². The molecule has 176 valence electrons. The molecule has 4 rings (SSSR count). The molecular weight excluding hydrogens is 460 g/mol. The number of aliphatic hydroxyl groups excluding tert-OH is 2. The minimum Gasteiger partial charge on any atom is -0.463 e. The van der Waals surface area contributed by atoms with Gasteiger partial charge in [0.05, 0.1) is 35.9 Å². The van der Waals surface area contributed by atoms with Crippen LogP contribution in [0.25, 0.3) is 0 Å². The molecule has 0 bridgehead atoms. The summed E-state index contributed by atoms with van der Waals surface area (Å²) in [5.41, 5.74) is 1.46. The van der Waals surface area contributed by atoms with Crippen LogP contribution in [0.1, 0.15) is 42.6 Å². The molecule has 2 aliphatic carbocycles. The third kappa shape index (κ3) is 3.99. The zero-order chi connectivity index (χ0) is 23.1. The number of hydrogen-bond acceptors (Lipinski definition) is 8. The first-order valence-corrected chi connectivity index (χ1v) is 12.7. The zero-order valence-corrected chi connectivity index (χ0v) is 19.3. The maximum atomic E-state index is 13.8. The van der Waals surface area contributed by atoms with Gasteiger partial charge in [-0.25, -0.2) is 13.2 Å². The predicted molar refractivity (Wildman–Crippen MR) is 116 cm³/mol. The van der Waals surface area contributed by atoms with Gasteiger partial charge in [0.1, 0.15) is 12.2 Å². The van der Waals surface area contributed by atoms with Crippen LogP contribution >= 0.6 is 11.6 Å². The van der Waals surface area contributed by atoms with E-state index in [1.54, 1.807) is 19.1 Å². The Morgan fingerprint density at radius 1 is 1.19 bits per heavy atom. The fourth-order valence-electron chi connectivity index (χ4n) is 4.94. The number of aryl methyl sites for hydroxylation is 1. The average Bonchev–Trinajstić information content (AvgIpc) is 3.36. The zero-order valence-electron chi connectivity index (χ0n) is 17.7. The van der Waals surface area contributed by atoms with Crippen LogP contribution in [0, 0.1) is 0 Å². The molecule has 4 atom stereocenters. The lowest BCUT2D eigenvalue weighted by atomic mass is 9.94. The van der Waals surface area contributed by atoms with Gasteiger partial charge in [-0.05, 0) is 49.5 Å². The number of hydrogen-bond donors (Lipinski definition) is 2. The topological polar surface area (TPSA) is 119 Å². The van der Waals surface area contributed by atoms with Crippen molar-refractivity contribution in [3.63, 3.8) is 0 Å². The summed E-state index contributed by atoms with van der Waals surface area (Å²) >= 11 is 6.36. The van der Waals surface area contributed by atoms with Gasteiger partial charge in [0.2, 0.25) is 0 Å². The molecule has 1 heterocycles. The van der Waals surface area contributed by atoms with Gasteiger partial charge in [0, 0.05) is 11.4 Å². The highest BCUT2D eigenvalue weighted by Gasteiger charge is 2.53. The smallest absolute Gasteiger partial charge is 0.335 e. The van der Waals surface area contributed by atoms with E-state index >= 15 is 0 Å². The Bertz CT molecular complexity index is 1010. The van der Waals surface area contributed by atoms with Crippen LogP contribution in [0.3, 0.4) is 0 Å². The van der Waals surface area contributed by atoms with E-state index in [4.69, 9.17) is 25.8 Å². The number of sulfone groups is 1. The molecule has 1 aromatic rings. The van der Waals surface area contributed by atoms with E-state index in [0.29, 0.717) is 23.4 Å². The van der Waals surface area contributed by atoms with Gasteiger partial charge >= 0.3 is 5.97 Å². The van der Waals surface area contributed by atoms with Crippen molar-refractivity contribution >= 4 is 27.4 Å². The van der Waals surface area contributed by atoms with E-state index < -0.39 is 44.3 Å². The fraction of sp³-hybridized carbons (Fsp3) is 0.591.